The summed E-state index contributed by atoms with van der Waals surface area (Å²) in [4.78, 5) is 4.94. The standard InChI is InChI=1S/C20H26N6O2/c1-27-19-7-3-2-6-18(19)25-13-11-24(12-14-25)9-4-5-15-28-17-8-10-26-20(16-17)21-22-23-26/h2-3,6-8,10,16H,4-5,9,11-15H2,1H3. The van der Waals surface area contributed by atoms with Crippen molar-refractivity contribution in [3.05, 3.63) is 42.6 Å². The minimum Gasteiger partial charge on any atom is -0.495 e. The van der Waals surface area contributed by atoms with Gasteiger partial charge in [0, 0.05) is 38.4 Å². The Labute approximate surface area is 164 Å². The van der Waals surface area contributed by atoms with Gasteiger partial charge in [0.1, 0.15) is 11.5 Å². The lowest BCUT2D eigenvalue weighted by Gasteiger charge is -2.36. The molecule has 0 radical (unpaired) electrons. The highest BCUT2D eigenvalue weighted by Gasteiger charge is 2.19. The first-order chi connectivity index (χ1) is 13.8. The highest BCUT2D eigenvalue weighted by molar-refractivity contribution is 5.58. The van der Waals surface area contributed by atoms with Gasteiger partial charge in [-0.25, -0.2) is 4.52 Å². The molecule has 28 heavy (non-hydrogen) atoms. The zero-order valence-electron chi connectivity index (χ0n) is 16.2. The van der Waals surface area contributed by atoms with E-state index in [9.17, 15) is 0 Å². The second-order valence-corrected chi connectivity index (χ2v) is 6.90. The van der Waals surface area contributed by atoms with E-state index in [4.69, 9.17) is 9.47 Å². The molecule has 2 aromatic heterocycles. The van der Waals surface area contributed by atoms with Crippen LogP contribution in [0.25, 0.3) is 5.65 Å². The molecule has 0 amide bonds. The SMILES string of the molecule is COc1ccccc1N1CCN(CCCCOc2ccn3nnnc3c2)CC1. The first kappa shape index (κ1) is 18.5. The molecule has 0 unspecified atom stereocenters. The van der Waals surface area contributed by atoms with Crippen LogP contribution in [0, 0.1) is 0 Å². The summed E-state index contributed by atoms with van der Waals surface area (Å²) in [5.74, 6) is 1.76. The minimum atomic E-state index is 0.699. The van der Waals surface area contributed by atoms with Crippen LogP contribution in [0.3, 0.4) is 0 Å². The molecular weight excluding hydrogens is 356 g/mol. The Morgan fingerprint density at radius 1 is 1.04 bits per heavy atom. The van der Waals surface area contributed by atoms with Crippen LogP contribution >= 0.6 is 0 Å². The molecule has 0 saturated carbocycles. The van der Waals surface area contributed by atoms with Crippen LogP contribution < -0.4 is 14.4 Å². The molecule has 0 spiro atoms. The van der Waals surface area contributed by atoms with E-state index in [1.807, 2.05) is 30.5 Å². The summed E-state index contributed by atoms with van der Waals surface area (Å²) in [5, 5.41) is 11.4. The lowest BCUT2D eigenvalue weighted by atomic mass is 10.2. The van der Waals surface area contributed by atoms with E-state index in [0.29, 0.717) is 12.3 Å². The van der Waals surface area contributed by atoms with Crippen LogP contribution in [-0.4, -0.2) is 71.4 Å². The van der Waals surface area contributed by atoms with Gasteiger partial charge in [0.2, 0.25) is 0 Å². The number of fused-ring (bicyclic) bond motifs is 1. The Hall–Kier alpha value is -2.87. The highest BCUT2D eigenvalue weighted by Crippen LogP contribution is 2.28. The lowest BCUT2D eigenvalue weighted by molar-refractivity contribution is 0.238. The number of nitrogens with zero attached hydrogens (tertiary/aromatic N) is 6. The molecule has 0 aliphatic carbocycles. The van der Waals surface area contributed by atoms with E-state index in [1.54, 1.807) is 11.6 Å². The van der Waals surface area contributed by atoms with Gasteiger partial charge in [0.25, 0.3) is 0 Å². The van der Waals surface area contributed by atoms with Crippen LogP contribution in [0.5, 0.6) is 11.5 Å². The second kappa shape index (κ2) is 8.88. The summed E-state index contributed by atoms with van der Waals surface area (Å²) in [5.41, 5.74) is 1.89. The summed E-state index contributed by atoms with van der Waals surface area (Å²) >= 11 is 0. The largest absolute Gasteiger partial charge is 0.495 e. The normalized spacial score (nSPS) is 15.1. The van der Waals surface area contributed by atoms with Crippen molar-refractivity contribution in [2.24, 2.45) is 0 Å². The maximum Gasteiger partial charge on any atom is 0.182 e. The number of tetrazole rings is 1. The Balaban J connectivity index is 1.15. The van der Waals surface area contributed by atoms with Crippen molar-refractivity contribution < 1.29 is 9.47 Å². The van der Waals surface area contributed by atoms with Gasteiger partial charge in [-0.2, -0.15) is 0 Å². The van der Waals surface area contributed by atoms with Crippen molar-refractivity contribution >= 4 is 11.3 Å². The number of ether oxygens (including phenoxy) is 2. The van der Waals surface area contributed by atoms with E-state index in [2.05, 4.69) is 37.5 Å². The molecule has 1 fully saturated rings. The lowest BCUT2D eigenvalue weighted by Crippen LogP contribution is -2.46. The second-order valence-electron chi connectivity index (χ2n) is 6.90. The zero-order chi connectivity index (χ0) is 19.2. The summed E-state index contributed by atoms with van der Waals surface area (Å²) in [6.07, 6.45) is 3.97. The Morgan fingerprint density at radius 3 is 2.75 bits per heavy atom. The molecule has 3 heterocycles. The number of hydrogen-bond donors (Lipinski definition) is 0. The zero-order valence-corrected chi connectivity index (χ0v) is 16.2. The first-order valence-corrected chi connectivity index (χ1v) is 9.74. The molecule has 1 aliphatic rings. The van der Waals surface area contributed by atoms with Gasteiger partial charge in [-0.1, -0.05) is 12.1 Å². The number of piperazine rings is 1. The number of anilines is 1. The third-order valence-electron chi connectivity index (χ3n) is 5.11. The summed E-state index contributed by atoms with van der Waals surface area (Å²) in [6, 6.07) is 12.0. The maximum atomic E-state index is 5.82. The molecule has 4 rings (SSSR count). The Kier molecular flexibility index (Phi) is 5.86. The van der Waals surface area contributed by atoms with Gasteiger partial charge >= 0.3 is 0 Å². The molecule has 148 valence electrons. The Morgan fingerprint density at radius 2 is 1.89 bits per heavy atom. The van der Waals surface area contributed by atoms with E-state index in [-0.39, 0.29) is 0 Å². The van der Waals surface area contributed by atoms with E-state index in [0.717, 1.165) is 57.1 Å². The predicted octanol–water partition coefficient (Wildman–Crippen LogP) is 2.11. The van der Waals surface area contributed by atoms with E-state index < -0.39 is 0 Å². The van der Waals surface area contributed by atoms with Crippen molar-refractivity contribution in [1.29, 1.82) is 0 Å². The molecule has 1 aliphatic heterocycles. The Bertz CT molecular complexity index is 891. The van der Waals surface area contributed by atoms with E-state index in [1.165, 1.54) is 5.69 Å². The number of pyridine rings is 1. The van der Waals surface area contributed by atoms with Gasteiger partial charge in [0.05, 0.1) is 19.4 Å². The van der Waals surface area contributed by atoms with Crippen molar-refractivity contribution in [1.82, 2.24) is 24.9 Å². The van der Waals surface area contributed by atoms with Gasteiger partial charge in [0.15, 0.2) is 5.65 Å². The number of benzene rings is 1. The fourth-order valence-corrected chi connectivity index (χ4v) is 3.54. The number of methoxy groups -OCH3 is 1. The van der Waals surface area contributed by atoms with Crippen LogP contribution in [0.4, 0.5) is 5.69 Å². The average molecular weight is 382 g/mol. The topological polar surface area (TPSA) is 68.0 Å². The van der Waals surface area contributed by atoms with Crippen molar-refractivity contribution in [2.75, 3.05) is 51.3 Å². The van der Waals surface area contributed by atoms with Crippen LogP contribution in [0.1, 0.15) is 12.8 Å². The fourth-order valence-electron chi connectivity index (χ4n) is 3.54. The molecule has 0 bridgehead atoms. The monoisotopic (exact) mass is 382 g/mol. The molecule has 8 nitrogen and oxygen atoms in total. The predicted molar refractivity (Wildman–Crippen MR) is 107 cm³/mol. The van der Waals surface area contributed by atoms with Crippen molar-refractivity contribution in [3.63, 3.8) is 0 Å². The average Bonchev–Trinajstić information content (AvgIpc) is 3.22. The maximum absolute atomic E-state index is 5.82. The number of aromatic nitrogens is 4. The molecule has 0 atom stereocenters. The number of unbranched alkanes of at least 4 members (excludes halogenated alkanes) is 1. The van der Waals surface area contributed by atoms with E-state index >= 15 is 0 Å². The number of hydrogen-bond acceptors (Lipinski definition) is 7. The fraction of sp³-hybridized carbons (Fsp3) is 0.450. The molecule has 0 N–H and O–H groups in total. The molecule has 1 aromatic carbocycles. The van der Waals surface area contributed by atoms with Crippen molar-refractivity contribution in [2.45, 2.75) is 12.8 Å². The van der Waals surface area contributed by atoms with Gasteiger partial charge in [-0.05, 0) is 48.0 Å². The third kappa shape index (κ3) is 4.33. The highest BCUT2D eigenvalue weighted by atomic mass is 16.5. The molecule has 8 heteroatoms. The van der Waals surface area contributed by atoms with Crippen LogP contribution in [-0.2, 0) is 0 Å². The van der Waals surface area contributed by atoms with Gasteiger partial charge < -0.3 is 14.4 Å². The summed E-state index contributed by atoms with van der Waals surface area (Å²) in [6.45, 7) is 6.03. The number of para-hydroxylation sites is 2. The quantitative estimate of drug-likeness (QED) is 0.553. The smallest absolute Gasteiger partial charge is 0.182 e. The summed E-state index contributed by atoms with van der Waals surface area (Å²) < 4.78 is 12.9. The van der Waals surface area contributed by atoms with Gasteiger partial charge in [-0.15, -0.1) is 5.10 Å². The molecule has 3 aromatic rings. The van der Waals surface area contributed by atoms with Crippen molar-refractivity contribution in [3.8, 4) is 11.5 Å². The van der Waals surface area contributed by atoms with Crippen LogP contribution in [0.15, 0.2) is 42.6 Å². The molecular formula is C20H26N6O2. The number of rotatable bonds is 8. The first-order valence-electron chi connectivity index (χ1n) is 9.74. The molecule has 1 saturated heterocycles. The van der Waals surface area contributed by atoms with Crippen LogP contribution in [0.2, 0.25) is 0 Å². The minimum absolute atomic E-state index is 0.699. The van der Waals surface area contributed by atoms with Gasteiger partial charge in [-0.3, -0.25) is 4.90 Å². The summed E-state index contributed by atoms with van der Waals surface area (Å²) in [7, 11) is 1.73. The third-order valence-corrected chi connectivity index (χ3v) is 5.11.